The van der Waals surface area contributed by atoms with Gasteiger partial charge in [0.25, 0.3) is 0 Å². The van der Waals surface area contributed by atoms with E-state index in [9.17, 15) is 17.6 Å². The molecular weight excluding hydrogens is 431 g/mol. The van der Waals surface area contributed by atoms with E-state index in [0.717, 1.165) is 32.1 Å². The van der Waals surface area contributed by atoms with Crippen LogP contribution in [0.2, 0.25) is 0 Å². The van der Waals surface area contributed by atoms with Gasteiger partial charge in [-0.05, 0) is 66.0 Å². The summed E-state index contributed by atoms with van der Waals surface area (Å²) >= 11 is 0. The van der Waals surface area contributed by atoms with Gasteiger partial charge < -0.3 is 10.1 Å². The van der Waals surface area contributed by atoms with Crippen molar-refractivity contribution in [2.24, 2.45) is 11.3 Å². The Kier molecular flexibility index (Phi) is 9.57. The van der Waals surface area contributed by atoms with Crippen LogP contribution in [0.1, 0.15) is 105 Å². The molecule has 0 aromatic heterocycles. The highest BCUT2D eigenvalue weighted by Gasteiger charge is 2.63. The molecule has 2 fully saturated rings. The summed E-state index contributed by atoms with van der Waals surface area (Å²) in [6.45, 7) is 10.2. The Morgan fingerprint density at radius 3 is 2.31 bits per heavy atom. The number of carbonyl (C=O) groups is 1. The van der Waals surface area contributed by atoms with Gasteiger partial charge in [0.2, 0.25) is 10.0 Å². The van der Waals surface area contributed by atoms with Crippen molar-refractivity contribution in [1.82, 2.24) is 10.0 Å². The van der Waals surface area contributed by atoms with Gasteiger partial charge in [-0.15, -0.1) is 0 Å². The van der Waals surface area contributed by atoms with Crippen molar-refractivity contribution in [1.29, 1.82) is 0 Å². The molecule has 1 aliphatic heterocycles. The van der Waals surface area contributed by atoms with Crippen LogP contribution in [0.3, 0.4) is 0 Å². The molecule has 2 rings (SSSR count). The summed E-state index contributed by atoms with van der Waals surface area (Å²) in [5, 5.41) is 3.27. The van der Waals surface area contributed by atoms with Gasteiger partial charge in [0.15, 0.2) is 5.72 Å². The van der Waals surface area contributed by atoms with Crippen molar-refractivity contribution < 1.29 is 22.3 Å². The van der Waals surface area contributed by atoms with E-state index in [2.05, 4.69) is 17.0 Å². The highest BCUT2D eigenvalue weighted by molar-refractivity contribution is 7.90. The Bertz CT molecular complexity index is 716. The number of esters is 1. The van der Waals surface area contributed by atoms with Gasteiger partial charge in [-0.25, -0.2) is 12.8 Å². The maximum absolute atomic E-state index is 14.9. The van der Waals surface area contributed by atoms with Crippen LogP contribution in [0.15, 0.2) is 0 Å². The molecule has 0 amide bonds. The number of sulfonamides is 1. The van der Waals surface area contributed by atoms with E-state index in [1.165, 1.54) is 6.42 Å². The second-order valence-electron chi connectivity index (χ2n) is 10.8. The third-order valence-electron chi connectivity index (χ3n) is 7.40. The largest absolute Gasteiger partial charge is 0.442 e. The van der Waals surface area contributed by atoms with Crippen molar-refractivity contribution in [3.05, 3.63) is 0 Å². The lowest BCUT2D eigenvalue weighted by atomic mass is 9.72. The van der Waals surface area contributed by atoms with E-state index in [-0.39, 0.29) is 18.8 Å². The van der Waals surface area contributed by atoms with Crippen molar-refractivity contribution in [2.45, 2.75) is 122 Å². The second-order valence-corrected chi connectivity index (χ2v) is 13.2. The van der Waals surface area contributed by atoms with Crippen LogP contribution in [0.4, 0.5) is 4.39 Å². The van der Waals surface area contributed by atoms with Crippen molar-refractivity contribution in [2.75, 3.05) is 13.1 Å². The smallest absolute Gasteiger partial charge is 0.310 e. The lowest BCUT2D eigenvalue weighted by Gasteiger charge is -2.48. The van der Waals surface area contributed by atoms with E-state index in [0.29, 0.717) is 32.4 Å². The minimum absolute atomic E-state index is 0.124. The van der Waals surface area contributed by atoms with Crippen LogP contribution in [-0.4, -0.2) is 44.1 Å². The first kappa shape index (κ1) is 27.5. The van der Waals surface area contributed by atoms with Crippen molar-refractivity contribution in [3.8, 4) is 0 Å². The topological polar surface area (TPSA) is 84.5 Å². The average molecular weight is 477 g/mol. The van der Waals surface area contributed by atoms with Crippen molar-refractivity contribution >= 4 is 16.0 Å². The molecule has 1 heterocycles. The Morgan fingerprint density at radius 1 is 1.12 bits per heavy atom. The standard InChI is InChI=1S/C24H45FN2O4S/c1-6-8-9-10-11-12-19(7-2)21(28)31-24(27-32(29,30)22(3,4)5)18-20(25)17-23(24)13-15-26-16-14-23/h19-20,26-27H,6-18H2,1-5H3/t19-,20-,24-/m1/s1. The summed E-state index contributed by atoms with van der Waals surface area (Å²) in [6.07, 6.45) is 6.87. The number of halogens is 1. The minimum Gasteiger partial charge on any atom is -0.442 e. The molecule has 2 N–H and O–H groups in total. The maximum Gasteiger partial charge on any atom is 0.310 e. The van der Waals surface area contributed by atoms with Crippen LogP contribution in [0.25, 0.3) is 0 Å². The number of hydrogen-bond acceptors (Lipinski definition) is 5. The molecule has 0 aromatic carbocycles. The van der Waals surface area contributed by atoms with E-state index in [1.807, 2.05) is 6.92 Å². The number of hydrogen-bond donors (Lipinski definition) is 2. The molecule has 1 aliphatic carbocycles. The maximum atomic E-state index is 14.9. The fraction of sp³-hybridized carbons (Fsp3) is 0.958. The molecule has 0 bridgehead atoms. The van der Waals surface area contributed by atoms with Crippen LogP contribution in [0.5, 0.6) is 0 Å². The number of ether oxygens (including phenoxy) is 1. The van der Waals surface area contributed by atoms with E-state index in [1.54, 1.807) is 20.8 Å². The molecular formula is C24H45FN2O4S. The number of alkyl halides is 1. The molecule has 1 saturated carbocycles. The molecule has 0 radical (unpaired) electrons. The van der Waals surface area contributed by atoms with Crippen LogP contribution < -0.4 is 10.0 Å². The van der Waals surface area contributed by atoms with Crippen LogP contribution >= 0.6 is 0 Å². The zero-order valence-corrected chi connectivity index (χ0v) is 21.6. The number of piperidine rings is 1. The fourth-order valence-corrected chi connectivity index (χ4v) is 6.21. The molecule has 32 heavy (non-hydrogen) atoms. The molecule has 2 aliphatic rings. The number of carbonyl (C=O) groups excluding carboxylic acids is 1. The Balaban J connectivity index is 2.29. The number of nitrogens with one attached hydrogen (secondary N) is 2. The van der Waals surface area contributed by atoms with Gasteiger partial charge in [-0.3, -0.25) is 4.79 Å². The molecule has 188 valence electrons. The zero-order valence-electron chi connectivity index (χ0n) is 20.8. The van der Waals surface area contributed by atoms with E-state index >= 15 is 0 Å². The number of unbranched alkanes of at least 4 members (excludes halogenated alkanes) is 4. The molecule has 3 atom stereocenters. The molecule has 0 aromatic rings. The van der Waals surface area contributed by atoms with Gasteiger partial charge in [-0.2, -0.15) is 4.72 Å². The Morgan fingerprint density at radius 2 is 1.75 bits per heavy atom. The zero-order chi connectivity index (χ0) is 24.0. The average Bonchev–Trinajstić information content (AvgIpc) is 2.93. The summed E-state index contributed by atoms with van der Waals surface area (Å²) in [5.41, 5.74) is -2.27. The SMILES string of the molecule is CCCCCCC[C@@H](CC)C(=O)O[C@]1(NS(=O)(=O)C(C)(C)C)C[C@H](F)CC12CCNCC2. The third kappa shape index (κ3) is 6.23. The van der Waals surface area contributed by atoms with Gasteiger partial charge in [0.05, 0.1) is 10.7 Å². The van der Waals surface area contributed by atoms with Gasteiger partial charge in [0, 0.05) is 11.8 Å². The predicted molar refractivity (Wildman–Crippen MR) is 126 cm³/mol. The van der Waals surface area contributed by atoms with E-state index < -0.39 is 38.1 Å². The summed E-state index contributed by atoms with van der Waals surface area (Å²) in [7, 11) is -3.86. The summed E-state index contributed by atoms with van der Waals surface area (Å²) < 4.78 is 49.1. The monoisotopic (exact) mass is 476 g/mol. The Hall–Kier alpha value is -0.730. The van der Waals surface area contributed by atoms with Crippen LogP contribution in [-0.2, 0) is 19.6 Å². The summed E-state index contributed by atoms with van der Waals surface area (Å²) in [6, 6.07) is 0. The van der Waals surface area contributed by atoms with E-state index in [4.69, 9.17) is 4.74 Å². The highest BCUT2D eigenvalue weighted by atomic mass is 32.2. The molecule has 1 saturated heterocycles. The molecule has 6 nitrogen and oxygen atoms in total. The highest BCUT2D eigenvalue weighted by Crippen LogP contribution is 2.54. The minimum atomic E-state index is -3.86. The van der Waals surface area contributed by atoms with Gasteiger partial charge >= 0.3 is 5.97 Å². The Labute approximate surface area is 194 Å². The first-order chi connectivity index (χ1) is 14.9. The molecule has 0 unspecified atom stereocenters. The first-order valence-electron chi connectivity index (χ1n) is 12.5. The number of rotatable bonds is 11. The fourth-order valence-electron chi connectivity index (χ4n) is 5.13. The second kappa shape index (κ2) is 11.1. The van der Waals surface area contributed by atoms with Crippen LogP contribution in [0, 0.1) is 11.3 Å². The first-order valence-corrected chi connectivity index (χ1v) is 14.0. The lowest BCUT2D eigenvalue weighted by Crippen LogP contribution is -2.64. The summed E-state index contributed by atoms with van der Waals surface area (Å²) in [5.74, 6) is -0.698. The van der Waals surface area contributed by atoms with Gasteiger partial charge in [0.1, 0.15) is 6.17 Å². The quantitative estimate of drug-likeness (QED) is 0.253. The molecule has 1 spiro atoms. The predicted octanol–water partition coefficient (Wildman–Crippen LogP) is 4.83. The summed E-state index contributed by atoms with van der Waals surface area (Å²) in [4.78, 5) is 13.3. The normalized spacial score (nSPS) is 26.9. The third-order valence-corrected chi connectivity index (χ3v) is 9.61. The van der Waals surface area contributed by atoms with Gasteiger partial charge in [-0.1, -0.05) is 46.0 Å². The van der Waals surface area contributed by atoms with Crippen molar-refractivity contribution in [3.63, 3.8) is 0 Å². The molecule has 8 heteroatoms. The lowest BCUT2D eigenvalue weighted by molar-refractivity contribution is -0.184.